The SMILES string of the molecule is COc1ccccc1OC(=O)c1ccc(C)c(NC(=O)c2ccco2)c1. The van der Waals surface area contributed by atoms with Crippen LogP contribution in [0, 0.1) is 6.92 Å². The standard InChI is InChI=1S/C20H17NO5/c1-13-9-10-14(12-15(13)21-19(22)18-8-5-11-25-18)20(23)26-17-7-4-3-6-16(17)24-2/h3-12H,1-2H3,(H,21,22). The van der Waals surface area contributed by atoms with Gasteiger partial charge in [0.1, 0.15) is 0 Å². The number of rotatable bonds is 5. The molecule has 2 aromatic carbocycles. The molecule has 6 heteroatoms. The van der Waals surface area contributed by atoms with Gasteiger partial charge in [0.25, 0.3) is 5.91 Å². The number of para-hydroxylation sites is 2. The normalized spacial score (nSPS) is 10.2. The van der Waals surface area contributed by atoms with E-state index < -0.39 is 11.9 Å². The van der Waals surface area contributed by atoms with Crippen molar-refractivity contribution in [3.05, 3.63) is 77.7 Å². The average molecular weight is 351 g/mol. The van der Waals surface area contributed by atoms with Crippen LogP contribution in [0.1, 0.15) is 26.5 Å². The summed E-state index contributed by atoms with van der Waals surface area (Å²) in [6.07, 6.45) is 1.42. The van der Waals surface area contributed by atoms with Crippen LogP contribution in [-0.4, -0.2) is 19.0 Å². The first kappa shape index (κ1) is 17.3. The van der Waals surface area contributed by atoms with E-state index >= 15 is 0 Å². The van der Waals surface area contributed by atoms with Gasteiger partial charge in [-0.05, 0) is 48.9 Å². The van der Waals surface area contributed by atoms with E-state index in [1.54, 1.807) is 54.6 Å². The van der Waals surface area contributed by atoms with E-state index in [4.69, 9.17) is 13.9 Å². The minimum absolute atomic E-state index is 0.186. The summed E-state index contributed by atoms with van der Waals surface area (Å²) < 4.78 is 15.6. The quantitative estimate of drug-likeness (QED) is 0.554. The molecule has 6 nitrogen and oxygen atoms in total. The largest absolute Gasteiger partial charge is 0.493 e. The molecule has 0 fully saturated rings. The predicted molar refractivity (Wildman–Crippen MR) is 95.8 cm³/mol. The smallest absolute Gasteiger partial charge is 0.343 e. The Hall–Kier alpha value is -3.54. The third-order valence-corrected chi connectivity index (χ3v) is 3.74. The summed E-state index contributed by atoms with van der Waals surface area (Å²) in [5.74, 6) is 0.0174. The summed E-state index contributed by atoms with van der Waals surface area (Å²) in [5.41, 5.74) is 1.61. The fourth-order valence-corrected chi connectivity index (χ4v) is 2.34. The van der Waals surface area contributed by atoms with Crippen molar-refractivity contribution in [3.8, 4) is 11.5 Å². The number of carbonyl (C=O) groups excluding carboxylic acids is 2. The molecule has 0 saturated heterocycles. The van der Waals surface area contributed by atoms with Crippen molar-refractivity contribution in [2.24, 2.45) is 0 Å². The van der Waals surface area contributed by atoms with Crippen LogP contribution in [0.2, 0.25) is 0 Å². The topological polar surface area (TPSA) is 77.8 Å². The number of furan rings is 1. The molecule has 0 unspecified atom stereocenters. The minimum atomic E-state index is -0.553. The van der Waals surface area contributed by atoms with Crippen molar-refractivity contribution >= 4 is 17.6 Å². The number of aryl methyl sites for hydroxylation is 1. The molecule has 0 aliphatic carbocycles. The van der Waals surface area contributed by atoms with Gasteiger partial charge in [0.2, 0.25) is 0 Å². The zero-order valence-corrected chi connectivity index (χ0v) is 14.3. The Morgan fingerprint density at radius 1 is 1.00 bits per heavy atom. The number of esters is 1. The number of amides is 1. The average Bonchev–Trinajstić information content (AvgIpc) is 3.18. The van der Waals surface area contributed by atoms with Gasteiger partial charge in [-0.15, -0.1) is 0 Å². The molecule has 1 heterocycles. The molecule has 1 amide bonds. The van der Waals surface area contributed by atoms with Gasteiger partial charge in [-0.1, -0.05) is 18.2 Å². The third-order valence-electron chi connectivity index (χ3n) is 3.74. The Morgan fingerprint density at radius 2 is 1.77 bits per heavy atom. The van der Waals surface area contributed by atoms with Crippen molar-refractivity contribution in [2.75, 3.05) is 12.4 Å². The van der Waals surface area contributed by atoms with Gasteiger partial charge in [0.15, 0.2) is 17.3 Å². The van der Waals surface area contributed by atoms with Gasteiger partial charge in [0.05, 0.1) is 18.9 Å². The number of benzene rings is 2. The molecule has 1 aromatic heterocycles. The number of ether oxygens (including phenoxy) is 2. The minimum Gasteiger partial charge on any atom is -0.493 e. The van der Waals surface area contributed by atoms with Gasteiger partial charge in [-0.25, -0.2) is 4.79 Å². The molecule has 0 spiro atoms. The van der Waals surface area contributed by atoms with Crippen LogP contribution in [-0.2, 0) is 0 Å². The number of methoxy groups -OCH3 is 1. The molecule has 3 rings (SSSR count). The van der Waals surface area contributed by atoms with E-state index in [9.17, 15) is 9.59 Å². The molecule has 26 heavy (non-hydrogen) atoms. The highest BCUT2D eigenvalue weighted by Gasteiger charge is 2.15. The third kappa shape index (κ3) is 3.75. The monoisotopic (exact) mass is 351 g/mol. The Kier molecular flexibility index (Phi) is 5.03. The van der Waals surface area contributed by atoms with E-state index in [-0.39, 0.29) is 5.76 Å². The lowest BCUT2D eigenvalue weighted by atomic mass is 10.1. The van der Waals surface area contributed by atoms with Gasteiger partial charge >= 0.3 is 5.97 Å². The zero-order valence-electron chi connectivity index (χ0n) is 14.3. The summed E-state index contributed by atoms with van der Waals surface area (Å²) in [5, 5.41) is 2.73. The van der Waals surface area contributed by atoms with Gasteiger partial charge < -0.3 is 19.2 Å². The molecule has 0 saturated carbocycles. The molecule has 0 atom stereocenters. The van der Waals surface area contributed by atoms with Crippen LogP contribution in [0.5, 0.6) is 11.5 Å². The molecule has 132 valence electrons. The first-order valence-corrected chi connectivity index (χ1v) is 7.89. The molecule has 0 aliphatic heterocycles. The Bertz CT molecular complexity index is 931. The number of nitrogens with one attached hydrogen (secondary N) is 1. The predicted octanol–water partition coefficient (Wildman–Crippen LogP) is 4.07. The summed E-state index contributed by atoms with van der Waals surface area (Å²) >= 11 is 0. The lowest BCUT2D eigenvalue weighted by Crippen LogP contribution is -2.14. The van der Waals surface area contributed by atoms with Crippen LogP contribution in [0.25, 0.3) is 0 Å². The molecular weight excluding hydrogens is 334 g/mol. The highest BCUT2D eigenvalue weighted by atomic mass is 16.6. The second kappa shape index (κ2) is 7.57. The summed E-state index contributed by atoms with van der Waals surface area (Å²) in [6, 6.07) is 15.0. The van der Waals surface area contributed by atoms with Crippen LogP contribution >= 0.6 is 0 Å². The second-order valence-corrected chi connectivity index (χ2v) is 5.50. The lowest BCUT2D eigenvalue weighted by molar-refractivity contribution is 0.0729. The van der Waals surface area contributed by atoms with Crippen molar-refractivity contribution in [2.45, 2.75) is 6.92 Å². The molecule has 0 bridgehead atoms. The highest BCUT2D eigenvalue weighted by Crippen LogP contribution is 2.27. The zero-order chi connectivity index (χ0) is 18.5. The van der Waals surface area contributed by atoms with Crippen molar-refractivity contribution in [3.63, 3.8) is 0 Å². The van der Waals surface area contributed by atoms with E-state index in [0.717, 1.165) is 5.56 Å². The Morgan fingerprint density at radius 3 is 2.46 bits per heavy atom. The first-order chi connectivity index (χ1) is 12.6. The Balaban J connectivity index is 1.80. The van der Waals surface area contributed by atoms with Crippen molar-refractivity contribution in [1.82, 2.24) is 0 Å². The van der Waals surface area contributed by atoms with E-state index in [1.165, 1.54) is 13.4 Å². The number of hydrogen-bond acceptors (Lipinski definition) is 5. The summed E-state index contributed by atoms with van der Waals surface area (Å²) in [6.45, 7) is 1.83. The molecule has 0 radical (unpaired) electrons. The van der Waals surface area contributed by atoms with Gasteiger partial charge in [-0.3, -0.25) is 4.79 Å². The summed E-state index contributed by atoms with van der Waals surface area (Å²) in [7, 11) is 1.50. The molecular formula is C20H17NO5. The highest BCUT2D eigenvalue weighted by molar-refractivity contribution is 6.03. The van der Waals surface area contributed by atoms with Crippen molar-refractivity contribution in [1.29, 1.82) is 0 Å². The first-order valence-electron chi connectivity index (χ1n) is 7.89. The van der Waals surface area contributed by atoms with Crippen LogP contribution < -0.4 is 14.8 Å². The van der Waals surface area contributed by atoms with Crippen LogP contribution in [0.15, 0.2) is 65.3 Å². The Labute approximate surface area is 150 Å². The van der Waals surface area contributed by atoms with E-state index in [0.29, 0.717) is 22.7 Å². The number of anilines is 1. The summed E-state index contributed by atoms with van der Waals surface area (Å²) in [4.78, 5) is 24.6. The van der Waals surface area contributed by atoms with Gasteiger partial charge in [0, 0.05) is 5.69 Å². The van der Waals surface area contributed by atoms with Gasteiger partial charge in [-0.2, -0.15) is 0 Å². The number of carbonyl (C=O) groups is 2. The number of hydrogen-bond donors (Lipinski definition) is 1. The fourth-order valence-electron chi connectivity index (χ4n) is 2.34. The fraction of sp³-hybridized carbons (Fsp3) is 0.100. The lowest BCUT2D eigenvalue weighted by Gasteiger charge is -2.11. The maximum absolute atomic E-state index is 12.5. The van der Waals surface area contributed by atoms with Crippen molar-refractivity contribution < 1.29 is 23.5 Å². The molecule has 0 aliphatic rings. The molecule has 1 N–H and O–H groups in total. The second-order valence-electron chi connectivity index (χ2n) is 5.50. The maximum atomic E-state index is 12.5. The van der Waals surface area contributed by atoms with Crippen LogP contribution in [0.4, 0.5) is 5.69 Å². The van der Waals surface area contributed by atoms with E-state index in [2.05, 4.69) is 5.32 Å². The van der Waals surface area contributed by atoms with E-state index in [1.807, 2.05) is 6.92 Å². The van der Waals surface area contributed by atoms with Crippen LogP contribution in [0.3, 0.4) is 0 Å². The maximum Gasteiger partial charge on any atom is 0.343 e. The molecule has 3 aromatic rings.